The fraction of sp³-hybridized carbons (Fsp3) is 0.185. The molecule has 0 bridgehead atoms. The van der Waals surface area contributed by atoms with Crippen molar-refractivity contribution in [1.29, 1.82) is 0 Å². The van der Waals surface area contributed by atoms with Gasteiger partial charge in [-0.05, 0) is 53.1 Å². The van der Waals surface area contributed by atoms with Crippen LogP contribution in [0, 0.1) is 0 Å². The number of aromatic nitrogens is 1. The Labute approximate surface area is 211 Å². The van der Waals surface area contributed by atoms with Crippen molar-refractivity contribution < 1.29 is 13.2 Å². The third kappa shape index (κ3) is 6.66. The minimum Gasteiger partial charge on any atom is -0.336 e. The van der Waals surface area contributed by atoms with Crippen molar-refractivity contribution in [2.45, 2.75) is 0 Å². The normalized spacial score (nSPS) is 15.2. The lowest BCUT2D eigenvalue weighted by Crippen LogP contribution is -2.50. The van der Waals surface area contributed by atoms with Crippen molar-refractivity contribution in [2.24, 2.45) is 0 Å². The molecular formula is C27H26ClN3O3S. The van der Waals surface area contributed by atoms with Gasteiger partial charge >= 0.3 is 0 Å². The zero-order valence-corrected chi connectivity index (χ0v) is 20.7. The van der Waals surface area contributed by atoms with Gasteiger partial charge in [-0.25, -0.2) is 8.42 Å². The molecule has 6 nitrogen and oxygen atoms in total. The van der Waals surface area contributed by atoms with E-state index >= 15 is 0 Å². The molecule has 2 aromatic carbocycles. The SMILES string of the molecule is O=C(c1ccc(-c2ccncc2)cc1)N1CCN(S(=O)(=O)C/C=C/C=Cc2ccc(Cl)cc2)CC1. The molecule has 0 saturated carbocycles. The number of hydrogen-bond donors (Lipinski definition) is 0. The van der Waals surface area contributed by atoms with E-state index in [1.165, 1.54) is 4.31 Å². The predicted octanol–water partition coefficient (Wildman–Crippen LogP) is 4.76. The molecular weight excluding hydrogens is 482 g/mol. The van der Waals surface area contributed by atoms with E-state index in [9.17, 15) is 13.2 Å². The number of benzene rings is 2. The maximum Gasteiger partial charge on any atom is 0.253 e. The monoisotopic (exact) mass is 507 g/mol. The minimum absolute atomic E-state index is 0.0810. The van der Waals surface area contributed by atoms with Gasteiger partial charge < -0.3 is 4.90 Å². The molecule has 1 aliphatic rings. The summed E-state index contributed by atoms with van der Waals surface area (Å²) < 4.78 is 26.9. The first-order valence-electron chi connectivity index (χ1n) is 11.3. The van der Waals surface area contributed by atoms with E-state index in [1.807, 2.05) is 54.6 Å². The third-order valence-electron chi connectivity index (χ3n) is 5.78. The Morgan fingerprint density at radius 2 is 1.49 bits per heavy atom. The molecule has 4 rings (SSSR count). The summed E-state index contributed by atoms with van der Waals surface area (Å²) in [6, 6.07) is 18.7. The molecule has 0 unspecified atom stereocenters. The number of carbonyl (C=O) groups is 1. The van der Waals surface area contributed by atoms with Gasteiger partial charge in [0.05, 0.1) is 5.75 Å². The lowest BCUT2D eigenvalue weighted by Gasteiger charge is -2.33. The summed E-state index contributed by atoms with van der Waals surface area (Å²) in [6.07, 6.45) is 10.5. The van der Waals surface area contributed by atoms with Crippen LogP contribution in [-0.4, -0.2) is 60.4 Å². The molecule has 1 saturated heterocycles. The Balaban J connectivity index is 1.28. The number of nitrogens with zero attached hydrogens (tertiary/aromatic N) is 3. The van der Waals surface area contributed by atoms with Gasteiger partial charge in [-0.3, -0.25) is 9.78 Å². The molecule has 1 aromatic heterocycles. The molecule has 35 heavy (non-hydrogen) atoms. The highest BCUT2D eigenvalue weighted by Crippen LogP contribution is 2.20. The Morgan fingerprint density at radius 3 is 2.14 bits per heavy atom. The topological polar surface area (TPSA) is 70.6 Å². The van der Waals surface area contributed by atoms with Crippen LogP contribution in [0.2, 0.25) is 5.02 Å². The Bertz CT molecular complexity index is 1300. The van der Waals surface area contributed by atoms with Gasteiger partial charge in [-0.1, -0.05) is 60.2 Å². The van der Waals surface area contributed by atoms with Crippen LogP contribution in [0.1, 0.15) is 15.9 Å². The number of rotatable bonds is 7. The molecule has 0 atom stereocenters. The fourth-order valence-electron chi connectivity index (χ4n) is 3.80. The molecule has 1 amide bonds. The van der Waals surface area contributed by atoms with Crippen LogP contribution in [0.15, 0.2) is 91.3 Å². The van der Waals surface area contributed by atoms with Gasteiger partial charge in [0.25, 0.3) is 5.91 Å². The molecule has 0 radical (unpaired) electrons. The van der Waals surface area contributed by atoms with Crippen molar-refractivity contribution in [2.75, 3.05) is 31.9 Å². The Hall–Kier alpha value is -3.26. The molecule has 180 valence electrons. The lowest BCUT2D eigenvalue weighted by molar-refractivity contribution is 0.0698. The molecule has 3 aromatic rings. The van der Waals surface area contributed by atoms with Gasteiger partial charge in [0.2, 0.25) is 10.0 Å². The summed E-state index contributed by atoms with van der Waals surface area (Å²) in [7, 11) is -3.43. The summed E-state index contributed by atoms with van der Waals surface area (Å²) in [5, 5.41) is 0.671. The maximum atomic E-state index is 12.9. The second-order valence-electron chi connectivity index (χ2n) is 8.12. The summed E-state index contributed by atoms with van der Waals surface area (Å²) in [6.45, 7) is 1.31. The summed E-state index contributed by atoms with van der Waals surface area (Å²) in [5.41, 5.74) is 3.62. The average Bonchev–Trinajstić information content (AvgIpc) is 2.90. The average molecular weight is 508 g/mol. The number of allylic oxidation sites excluding steroid dienone is 2. The van der Waals surface area contributed by atoms with E-state index in [0.717, 1.165) is 16.7 Å². The van der Waals surface area contributed by atoms with Gasteiger partial charge in [0.15, 0.2) is 0 Å². The Kier molecular flexibility index (Phi) is 8.13. The van der Waals surface area contributed by atoms with E-state index in [0.29, 0.717) is 23.7 Å². The molecule has 0 N–H and O–H groups in total. The molecule has 1 fully saturated rings. The van der Waals surface area contributed by atoms with Crippen LogP contribution >= 0.6 is 11.6 Å². The molecule has 8 heteroatoms. The van der Waals surface area contributed by atoms with Crippen molar-refractivity contribution in [3.8, 4) is 11.1 Å². The fourth-order valence-corrected chi connectivity index (χ4v) is 5.21. The van der Waals surface area contributed by atoms with Crippen LogP contribution < -0.4 is 0 Å². The highest BCUT2D eigenvalue weighted by molar-refractivity contribution is 7.89. The zero-order valence-electron chi connectivity index (χ0n) is 19.1. The van der Waals surface area contributed by atoms with Crippen LogP contribution in [0.5, 0.6) is 0 Å². The minimum atomic E-state index is -3.43. The molecule has 0 aliphatic carbocycles. The van der Waals surface area contributed by atoms with Crippen LogP contribution in [0.25, 0.3) is 17.2 Å². The number of hydrogen-bond acceptors (Lipinski definition) is 4. The first-order chi connectivity index (χ1) is 16.9. The lowest BCUT2D eigenvalue weighted by atomic mass is 10.0. The summed E-state index contributed by atoms with van der Waals surface area (Å²) >= 11 is 5.87. The van der Waals surface area contributed by atoms with E-state index in [2.05, 4.69) is 4.98 Å². The zero-order chi connectivity index (χ0) is 24.7. The molecule has 2 heterocycles. The summed E-state index contributed by atoms with van der Waals surface area (Å²) in [4.78, 5) is 18.6. The smallest absolute Gasteiger partial charge is 0.253 e. The maximum absolute atomic E-state index is 12.9. The van der Waals surface area contributed by atoms with Gasteiger partial charge in [-0.2, -0.15) is 4.31 Å². The van der Waals surface area contributed by atoms with Gasteiger partial charge in [0.1, 0.15) is 0 Å². The van der Waals surface area contributed by atoms with E-state index < -0.39 is 10.0 Å². The molecule has 0 spiro atoms. The number of piperazine rings is 1. The van der Waals surface area contributed by atoms with Crippen LogP contribution in [-0.2, 0) is 10.0 Å². The third-order valence-corrected chi connectivity index (χ3v) is 7.80. The van der Waals surface area contributed by atoms with Crippen molar-refractivity contribution in [3.63, 3.8) is 0 Å². The number of pyridine rings is 1. The standard InChI is InChI=1S/C27H26ClN3O3S/c28-26-11-5-22(6-12-26)4-2-1-3-21-35(33,34)31-19-17-30(18-20-31)27(32)25-9-7-23(8-10-25)24-13-15-29-16-14-24/h1-16H,17-21H2/b3-1+,4-2?. The van der Waals surface area contributed by atoms with Gasteiger partial charge in [-0.15, -0.1) is 0 Å². The summed E-state index contributed by atoms with van der Waals surface area (Å²) in [5.74, 6) is -0.168. The van der Waals surface area contributed by atoms with Gasteiger partial charge in [0, 0.05) is 49.2 Å². The Morgan fingerprint density at radius 1 is 0.857 bits per heavy atom. The quantitative estimate of drug-likeness (QED) is 0.432. The largest absolute Gasteiger partial charge is 0.336 e. The number of amides is 1. The number of carbonyl (C=O) groups excluding carboxylic acids is 1. The highest BCUT2D eigenvalue weighted by Gasteiger charge is 2.28. The molecule has 1 aliphatic heterocycles. The second kappa shape index (κ2) is 11.4. The number of halogens is 1. The van der Waals surface area contributed by atoms with Crippen molar-refractivity contribution in [1.82, 2.24) is 14.2 Å². The van der Waals surface area contributed by atoms with E-state index in [-0.39, 0.29) is 24.7 Å². The van der Waals surface area contributed by atoms with E-state index in [1.54, 1.807) is 47.7 Å². The van der Waals surface area contributed by atoms with Crippen molar-refractivity contribution >= 4 is 33.6 Å². The highest BCUT2D eigenvalue weighted by atomic mass is 35.5. The van der Waals surface area contributed by atoms with Crippen LogP contribution in [0.4, 0.5) is 0 Å². The predicted molar refractivity (Wildman–Crippen MR) is 141 cm³/mol. The van der Waals surface area contributed by atoms with Crippen molar-refractivity contribution in [3.05, 3.63) is 107 Å². The number of sulfonamides is 1. The van der Waals surface area contributed by atoms with Crippen LogP contribution in [0.3, 0.4) is 0 Å². The second-order valence-corrected chi connectivity index (χ2v) is 10.6. The first-order valence-corrected chi connectivity index (χ1v) is 13.3. The van der Waals surface area contributed by atoms with E-state index in [4.69, 9.17) is 11.6 Å². The first kappa shape index (κ1) is 24.9.